The van der Waals surface area contributed by atoms with Gasteiger partial charge in [0.1, 0.15) is 5.25 Å². The van der Waals surface area contributed by atoms with Crippen LogP contribution in [0, 0.1) is 6.92 Å². The maximum atomic E-state index is 10.9. The summed E-state index contributed by atoms with van der Waals surface area (Å²) < 4.78 is 0. The SMILES string of the molecule is Cc1cccc(CSC(CCN)C(=O)O)c1. The Labute approximate surface area is 100 Å². The highest BCUT2D eigenvalue weighted by molar-refractivity contribution is 7.99. The molecule has 16 heavy (non-hydrogen) atoms. The molecule has 0 aliphatic rings. The number of nitrogens with two attached hydrogens (primary N) is 1. The smallest absolute Gasteiger partial charge is 0.316 e. The number of carboxylic acid groups (broad SMARTS) is 1. The third kappa shape index (κ3) is 4.24. The predicted molar refractivity (Wildman–Crippen MR) is 67.6 cm³/mol. The average molecular weight is 239 g/mol. The first-order chi connectivity index (χ1) is 7.63. The van der Waals surface area contributed by atoms with Crippen molar-refractivity contribution in [3.63, 3.8) is 0 Å². The molecule has 1 aromatic carbocycles. The molecule has 0 saturated carbocycles. The van der Waals surface area contributed by atoms with Crippen LogP contribution in [-0.4, -0.2) is 22.9 Å². The number of carboxylic acids is 1. The topological polar surface area (TPSA) is 63.3 Å². The molecule has 0 spiro atoms. The van der Waals surface area contributed by atoms with Gasteiger partial charge in [-0.3, -0.25) is 4.79 Å². The average Bonchev–Trinajstić information content (AvgIpc) is 2.24. The van der Waals surface area contributed by atoms with Crippen molar-refractivity contribution in [1.82, 2.24) is 0 Å². The van der Waals surface area contributed by atoms with Crippen molar-refractivity contribution in [3.8, 4) is 0 Å². The van der Waals surface area contributed by atoms with Gasteiger partial charge in [-0.1, -0.05) is 29.8 Å². The predicted octanol–water partition coefficient (Wildman–Crippen LogP) is 2.03. The van der Waals surface area contributed by atoms with Gasteiger partial charge in [-0.2, -0.15) is 0 Å². The van der Waals surface area contributed by atoms with Gasteiger partial charge in [-0.25, -0.2) is 0 Å². The van der Waals surface area contributed by atoms with Crippen molar-refractivity contribution in [1.29, 1.82) is 0 Å². The van der Waals surface area contributed by atoms with Gasteiger partial charge in [-0.15, -0.1) is 11.8 Å². The Morgan fingerprint density at radius 2 is 2.31 bits per heavy atom. The van der Waals surface area contributed by atoms with Crippen LogP contribution >= 0.6 is 11.8 Å². The Kier molecular flexibility index (Phi) is 5.35. The molecular weight excluding hydrogens is 222 g/mol. The van der Waals surface area contributed by atoms with E-state index in [0.717, 1.165) is 11.3 Å². The lowest BCUT2D eigenvalue weighted by Gasteiger charge is -2.10. The van der Waals surface area contributed by atoms with E-state index >= 15 is 0 Å². The number of thioether (sulfide) groups is 1. The monoisotopic (exact) mass is 239 g/mol. The van der Waals surface area contributed by atoms with Gasteiger partial charge in [-0.05, 0) is 25.5 Å². The number of aryl methyl sites for hydroxylation is 1. The summed E-state index contributed by atoms with van der Waals surface area (Å²) in [4.78, 5) is 10.9. The van der Waals surface area contributed by atoms with Crippen LogP contribution in [0.2, 0.25) is 0 Å². The molecule has 88 valence electrons. The lowest BCUT2D eigenvalue weighted by atomic mass is 10.2. The Bertz CT molecular complexity index is 355. The largest absolute Gasteiger partial charge is 0.480 e. The van der Waals surface area contributed by atoms with E-state index in [1.807, 2.05) is 25.1 Å². The molecule has 4 heteroatoms. The first-order valence-electron chi connectivity index (χ1n) is 5.23. The van der Waals surface area contributed by atoms with Crippen molar-refractivity contribution >= 4 is 17.7 Å². The number of rotatable bonds is 6. The van der Waals surface area contributed by atoms with Gasteiger partial charge in [0, 0.05) is 5.75 Å². The maximum Gasteiger partial charge on any atom is 0.316 e. The van der Waals surface area contributed by atoms with E-state index in [1.54, 1.807) is 0 Å². The highest BCUT2D eigenvalue weighted by atomic mass is 32.2. The number of benzene rings is 1. The van der Waals surface area contributed by atoms with Crippen LogP contribution in [0.5, 0.6) is 0 Å². The highest BCUT2D eigenvalue weighted by Crippen LogP contribution is 2.20. The summed E-state index contributed by atoms with van der Waals surface area (Å²) in [6.07, 6.45) is 0.520. The van der Waals surface area contributed by atoms with Gasteiger partial charge >= 0.3 is 5.97 Å². The first kappa shape index (κ1) is 13.1. The van der Waals surface area contributed by atoms with Crippen molar-refractivity contribution in [2.24, 2.45) is 5.73 Å². The third-order valence-corrected chi connectivity index (χ3v) is 3.58. The van der Waals surface area contributed by atoms with Crippen LogP contribution in [0.4, 0.5) is 0 Å². The van der Waals surface area contributed by atoms with Crippen LogP contribution in [0.25, 0.3) is 0 Å². The molecule has 3 N–H and O–H groups in total. The molecule has 1 rings (SSSR count). The molecule has 0 radical (unpaired) electrons. The third-order valence-electron chi connectivity index (χ3n) is 2.24. The van der Waals surface area contributed by atoms with Gasteiger partial charge in [0.15, 0.2) is 0 Å². The quantitative estimate of drug-likeness (QED) is 0.797. The van der Waals surface area contributed by atoms with Crippen LogP contribution in [0.1, 0.15) is 17.5 Å². The fourth-order valence-corrected chi connectivity index (χ4v) is 2.45. The van der Waals surface area contributed by atoms with E-state index in [9.17, 15) is 4.79 Å². The van der Waals surface area contributed by atoms with E-state index in [-0.39, 0.29) is 0 Å². The molecule has 0 amide bonds. The summed E-state index contributed by atoms with van der Waals surface area (Å²) in [5.41, 5.74) is 7.74. The molecular formula is C12H17NO2S. The minimum absolute atomic E-state index is 0.398. The van der Waals surface area contributed by atoms with Gasteiger partial charge in [0.25, 0.3) is 0 Å². The zero-order valence-corrected chi connectivity index (χ0v) is 10.2. The number of hydrogen-bond donors (Lipinski definition) is 2. The van der Waals surface area contributed by atoms with Crippen molar-refractivity contribution < 1.29 is 9.90 Å². The van der Waals surface area contributed by atoms with E-state index < -0.39 is 11.2 Å². The lowest BCUT2D eigenvalue weighted by molar-refractivity contribution is -0.136. The molecule has 0 heterocycles. The normalized spacial score (nSPS) is 12.4. The standard InChI is InChI=1S/C12H17NO2S/c1-9-3-2-4-10(7-9)8-16-11(5-6-13)12(14)15/h2-4,7,11H,5-6,8,13H2,1H3,(H,14,15). The van der Waals surface area contributed by atoms with E-state index in [2.05, 4.69) is 6.07 Å². The van der Waals surface area contributed by atoms with Crippen LogP contribution in [0.15, 0.2) is 24.3 Å². The number of hydrogen-bond acceptors (Lipinski definition) is 3. The zero-order chi connectivity index (χ0) is 12.0. The van der Waals surface area contributed by atoms with E-state index in [1.165, 1.54) is 17.3 Å². The van der Waals surface area contributed by atoms with Crippen LogP contribution < -0.4 is 5.73 Å². The minimum Gasteiger partial charge on any atom is -0.480 e. The molecule has 1 atom stereocenters. The Balaban J connectivity index is 2.51. The number of carbonyl (C=O) groups is 1. The highest BCUT2D eigenvalue weighted by Gasteiger charge is 2.16. The molecule has 0 aromatic heterocycles. The number of aliphatic carboxylic acids is 1. The van der Waals surface area contributed by atoms with Gasteiger partial charge in [0.2, 0.25) is 0 Å². The summed E-state index contributed by atoms with van der Waals surface area (Å²) in [5.74, 6) is -0.0540. The lowest BCUT2D eigenvalue weighted by Crippen LogP contribution is -2.20. The van der Waals surface area contributed by atoms with Gasteiger partial charge < -0.3 is 10.8 Å². The summed E-state index contributed by atoms with van der Waals surface area (Å²) in [6, 6.07) is 8.11. The van der Waals surface area contributed by atoms with Crippen molar-refractivity contribution in [3.05, 3.63) is 35.4 Å². The second-order valence-electron chi connectivity index (χ2n) is 3.70. The maximum absolute atomic E-state index is 10.9. The van der Waals surface area contributed by atoms with Gasteiger partial charge in [0.05, 0.1) is 0 Å². The molecule has 0 bridgehead atoms. The first-order valence-corrected chi connectivity index (χ1v) is 6.28. The Morgan fingerprint density at radius 1 is 1.56 bits per heavy atom. The molecule has 1 unspecified atom stereocenters. The fourth-order valence-electron chi connectivity index (χ4n) is 1.43. The summed E-state index contributed by atoms with van der Waals surface area (Å²) in [6.45, 7) is 2.44. The Hall–Kier alpha value is -1.00. The second-order valence-corrected chi connectivity index (χ2v) is 4.90. The fraction of sp³-hybridized carbons (Fsp3) is 0.417. The molecule has 0 fully saturated rings. The zero-order valence-electron chi connectivity index (χ0n) is 9.35. The van der Waals surface area contributed by atoms with E-state index in [0.29, 0.717) is 13.0 Å². The van der Waals surface area contributed by atoms with Crippen molar-refractivity contribution in [2.75, 3.05) is 6.54 Å². The van der Waals surface area contributed by atoms with Crippen LogP contribution in [-0.2, 0) is 10.5 Å². The van der Waals surface area contributed by atoms with E-state index in [4.69, 9.17) is 10.8 Å². The minimum atomic E-state index is -0.775. The molecule has 0 aliphatic heterocycles. The Morgan fingerprint density at radius 3 is 2.88 bits per heavy atom. The molecule has 0 aliphatic carbocycles. The van der Waals surface area contributed by atoms with Crippen molar-refractivity contribution in [2.45, 2.75) is 24.3 Å². The van der Waals surface area contributed by atoms with Crippen LogP contribution in [0.3, 0.4) is 0 Å². The molecule has 3 nitrogen and oxygen atoms in total. The summed E-state index contributed by atoms with van der Waals surface area (Å²) in [5, 5.41) is 8.56. The second kappa shape index (κ2) is 6.55. The molecule has 0 saturated heterocycles. The molecule has 1 aromatic rings. The summed E-state index contributed by atoms with van der Waals surface area (Å²) >= 11 is 1.44. The summed E-state index contributed by atoms with van der Waals surface area (Å²) in [7, 11) is 0.